The highest BCUT2D eigenvalue weighted by atomic mass is 79.9. The number of halogens is 3. The van der Waals surface area contributed by atoms with E-state index in [-0.39, 0.29) is 12.3 Å². The van der Waals surface area contributed by atoms with Crippen LogP contribution in [-0.4, -0.2) is 26.3 Å². The zero-order valence-electron chi connectivity index (χ0n) is 17.9. The SMILES string of the molecule is COc1ccc(CC(=O)N/N=C/c2ccc(OCc3ccc(Cl)cc3Cl)c(Br)c2)cc1OC. The summed E-state index contributed by atoms with van der Waals surface area (Å²) in [5.74, 6) is 1.57. The number of nitrogens with one attached hydrogen (secondary N) is 1. The summed E-state index contributed by atoms with van der Waals surface area (Å²) >= 11 is 15.6. The van der Waals surface area contributed by atoms with Crippen LogP contribution in [0.1, 0.15) is 16.7 Å². The highest BCUT2D eigenvalue weighted by molar-refractivity contribution is 9.10. The van der Waals surface area contributed by atoms with E-state index < -0.39 is 0 Å². The second-order valence-corrected chi connectivity index (χ2v) is 8.57. The van der Waals surface area contributed by atoms with Crippen LogP contribution in [0.4, 0.5) is 0 Å². The van der Waals surface area contributed by atoms with E-state index in [1.807, 2.05) is 18.2 Å². The molecular formula is C24H21BrCl2N2O4. The highest BCUT2D eigenvalue weighted by Gasteiger charge is 2.09. The third kappa shape index (κ3) is 7.12. The van der Waals surface area contributed by atoms with Gasteiger partial charge in [0.25, 0.3) is 0 Å². The Bertz CT molecular complexity index is 1170. The zero-order chi connectivity index (χ0) is 23.8. The molecule has 3 aromatic rings. The van der Waals surface area contributed by atoms with Crippen LogP contribution in [0.25, 0.3) is 0 Å². The average molecular weight is 552 g/mol. The maximum absolute atomic E-state index is 12.2. The fourth-order valence-electron chi connectivity index (χ4n) is 2.90. The first-order chi connectivity index (χ1) is 15.9. The number of hydrazone groups is 1. The van der Waals surface area contributed by atoms with E-state index in [0.717, 1.165) is 21.2 Å². The molecule has 0 fully saturated rings. The Morgan fingerprint density at radius 3 is 2.45 bits per heavy atom. The second kappa shape index (κ2) is 11.9. The lowest BCUT2D eigenvalue weighted by Gasteiger charge is -2.10. The standard InChI is InChI=1S/C24H21BrCl2N2O4/c1-31-22-8-3-15(10-23(22)32-2)11-24(30)29-28-13-16-4-7-21(19(25)9-16)33-14-17-5-6-18(26)12-20(17)27/h3-10,12-13H,11,14H2,1-2H3,(H,29,30)/b28-13+. The minimum absolute atomic E-state index is 0.154. The van der Waals surface area contributed by atoms with Crippen LogP contribution in [0.3, 0.4) is 0 Å². The van der Waals surface area contributed by atoms with Gasteiger partial charge < -0.3 is 14.2 Å². The quantitative estimate of drug-likeness (QED) is 0.260. The van der Waals surface area contributed by atoms with E-state index in [2.05, 4.69) is 26.5 Å². The number of carbonyl (C=O) groups is 1. The lowest BCUT2D eigenvalue weighted by atomic mass is 10.1. The van der Waals surface area contributed by atoms with Crippen molar-refractivity contribution in [3.05, 3.63) is 85.8 Å². The van der Waals surface area contributed by atoms with Gasteiger partial charge in [0.2, 0.25) is 5.91 Å². The van der Waals surface area contributed by atoms with Crippen molar-refractivity contribution in [2.75, 3.05) is 14.2 Å². The van der Waals surface area contributed by atoms with Crippen molar-refractivity contribution in [1.82, 2.24) is 5.43 Å². The predicted octanol–water partition coefficient (Wildman–Crippen LogP) is 6.04. The number of methoxy groups -OCH3 is 2. The normalized spacial score (nSPS) is 10.8. The molecule has 0 saturated carbocycles. The molecule has 0 aliphatic heterocycles. The number of amides is 1. The molecular weight excluding hydrogens is 531 g/mol. The Balaban J connectivity index is 1.54. The van der Waals surface area contributed by atoms with Gasteiger partial charge in [0.15, 0.2) is 11.5 Å². The van der Waals surface area contributed by atoms with Crippen LogP contribution in [0.5, 0.6) is 17.2 Å². The topological polar surface area (TPSA) is 69.2 Å². The van der Waals surface area contributed by atoms with Gasteiger partial charge in [-0.3, -0.25) is 4.79 Å². The molecule has 0 aliphatic rings. The zero-order valence-corrected chi connectivity index (χ0v) is 21.0. The Labute approximate surface area is 210 Å². The van der Waals surface area contributed by atoms with Gasteiger partial charge in [-0.25, -0.2) is 5.43 Å². The van der Waals surface area contributed by atoms with Crippen molar-refractivity contribution in [3.63, 3.8) is 0 Å². The molecule has 1 N–H and O–H groups in total. The predicted molar refractivity (Wildman–Crippen MR) is 134 cm³/mol. The van der Waals surface area contributed by atoms with E-state index in [9.17, 15) is 4.79 Å². The van der Waals surface area contributed by atoms with Crippen LogP contribution >= 0.6 is 39.1 Å². The molecule has 0 spiro atoms. The average Bonchev–Trinajstić information content (AvgIpc) is 2.79. The molecule has 9 heteroatoms. The maximum Gasteiger partial charge on any atom is 0.244 e. The summed E-state index contributed by atoms with van der Waals surface area (Å²) in [4.78, 5) is 12.2. The van der Waals surface area contributed by atoms with Gasteiger partial charge in [0.1, 0.15) is 12.4 Å². The van der Waals surface area contributed by atoms with Crippen LogP contribution in [-0.2, 0) is 17.8 Å². The summed E-state index contributed by atoms with van der Waals surface area (Å²) in [6.45, 7) is 0.300. The molecule has 1 amide bonds. The minimum atomic E-state index is -0.252. The summed E-state index contributed by atoms with van der Waals surface area (Å²) in [5, 5.41) is 5.15. The Kier molecular flexibility index (Phi) is 9.00. The minimum Gasteiger partial charge on any atom is -0.493 e. The summed E-state index contributed by atoms with van der Waals surface area (Å²) in [6, 6.07) is 16.1. The molecule has 0 radical (unpaired) electrons. The van der Waals surface area contributed by atoms with Gasteiger partial charge in [-0.05, 0) is 69.5 Å². The molecule has 33 heavy (non-hydrogen) atoms. The van der Waals surface area contributed by atoms with Crippen molar-refractivity contribution >= 4 is 51.3 Å². The highest BCUT2D eigenvalue weighted by Crippen LogP contribution is 2.29. The van der Waals surface area contributed by atoms with Crippen molar-refractivity contribution in [2.45, 2.75) is 13.0 Å². The molecule has 3 aromatic carbocycles. The van der Waals surface area contributed by atoms with E-state index >= 15 is 0 Å². The largest absolute Gasteiger partial charge is 0.493 e. The number of carbonyl (C=O) groups excluding carboxylic acids is 1. The van der Waals surface area contributed by atoms with E-state index in [1.165, 1.54) is 0 Å². The van der Waals surface area contributed by atoms with Crippen LogP contribution in [0.2, 0.25) is 10.0 Å². The van der Waals surface area contributed by atoms with Crippen molar-refractivity contribution in [3.8, 4) is 17.2 Å². The molecule has 3 rings (SSSR count). The fraction of sp³-hybridized carbons (Fsp3) is 0.167. The van der Waals surface area contributed by atoms with Gasteiger partial charge in [0, 0.05) is 15.6 Å². The van der Waals surface area contributed by atoms with Gasteiger partial charge in [-0.15, -0.1) is 0 Å². The number of nitrogens with zero attached hydrogens (tertiary/aromatic N) is 1. The molecule has 0 atom stereocenters. The number of hydrogen-bond donors (Lipinski definition) is 1. The number of benzene rings is 3. The summed E-state index contributed by atoms with van der Waals surface area (Å²) in [7, 11) is 3.11. The van der Waals surface area contributed by atoms with Crippen molar-refractivity contribution in [2.24, 2.45) is 5.10 Å². The molecule has 172 valence electrons. The van der Waals surface area contributed by atoms with Crippen LogP contribution in [0, 0.1) is 0 Å². The Morgan fingerprint density at radius 1 is 1.00 bits per heavy atom. The van der Waals surface area contributed by atoms with E-state index in [4.69, 9.17) is 37.4 Å². The molecule has 0 bridgehead atoms. The molecule has 0 saturated heterocycles. The molecule has 0 heterocycles. The Hall–Kier alpha value is -2.74. The summed E-state index contributed by atoms with van der Waals surface area (Å²) < 4.78 is 17.0. The van der Waals surface area contributed by atoms with Crippen molar-refractivity contribution in [1.29, 1.82) is 0 Å². The monoisotopic (exact) mass is 550 g/mol. The molecule has 0 aliphatic carbocycles. The maximum atomic E-state index is 12.2. The van der Waals surface area contributed by atoms with E-state index in [0.29, 0.717) is 33.9 Å². The third-order valence-corrected chi connectivity index (χ3v) is 5.78. The molecule has 0 aromatic heterocycles. The first kappa shape index (κ1) is 24.9. The van der Waals surface area contributed by atoms with E-state index in [1.54, 1.807) is 56.8 Å². The van der Waals surface area contributed by atoms with Gasteiger partial charge in [-0.2, -0.15) is 5.10 Å². The first-order valence-corrected chi connectivity index (χ1v) is 11.3. The summed E-state index contributed by atoms with van der Waals surface area (Å²) in [5.41, 5.74) is 4.92. The molecule has 0 unspecified atom stereocenters. The van der Waals surface area contributed by atoms with Gasteiger partial charge in [0.05, 0.1) is 31.3 Å². The number of rotatable bonds is 9. The lowest BCUT2D eigenvalue weighted by molar-refractivity contribution is -0.120. The smallest absolute Gasteiger partial charge is 0.244 e. The van der Waals surface area contributed by atoms with Crippen molar-refractivity contribution < 1.29 is 19.0 Å². The lowest BCUT2D eigenvalue weighted by Crippen LogP contribution is -2.19. The second-order valence-electron chi connectivity index (χ2n) is 6.87. The Morgan fingerprint density at radius 2 is 1.76 bits per heavy atom. The van der Waals surface area contributed by atoms with Gasteiger partial charge in [-0.1, -0.05) is 35.3 Å². The molecule has 6 nitrogen and oxygen atoms in total. The first-order valence-electron chi connectivity index (χ1n) is 9.78. The number of hydrogen-bond acceptors (Lipinski definition) is 5. The van der Waals surface area contributed by atoms with Crippen LogP contribution in [0.15, 0.2) is 64.2 Å². The van der Waals surface area contributed by atoms with Crippen LogP contribution < -0.4 is 19.6 Å². The summed E-state index contributed by atoms with van der Waals surface area (Å²) in [6.07, 6.45) is 1.71. The fourth-order valence-corrected chi connectivity index (χ4v) is 3.88. The number of ether oxygens (including phenoxy) is 3. The van der Waals surface area contributed by atoms with Gasteiger partial charge >= 0.3 is 0 Å². The third-order valence-electron chi connectivity index (χ3n) is 4.57.